The van der Waals surface area contributed by atoms with Crippen LogP contribution >= 0.6 is 23.5 Å². The van der Waals surface area contributed by atoms with E-state index in [4.69, 9.17) is 9.47 Å². The van der Waals surface area contributed by atoms with E-state index in [2.05, 4.69) is 10.6 Å². The molecule has 2 aliphatic rings. The molecule has 2 amide bonds. The van der Waals surface area contributed by atoms with E-state index in [1.807, 2.05) is 0 Å². The zero-order chi connectivity index (χ0) is 31.4. The van der Waals surface area contributed by atoms with Crippen molar-refractivity contribution in [3.8, 4) is 0 Å². The lowest BCUT2D eigenvalue weighted by Gasteiger charge is -2.39. The number of hydrogen-bond acceptors (Lipinski definition) is 15. The maximum absolute atomic E-state index is 12.3. The lowest BCUT2D eigenvalue weighted by Crippen LogP contribution is -2.57. The summed E-state index contributed by atoms with van der Waals surface area (Å²) in [6.07, 6.45) is -9.98. The summed E-state index contributed by atoms with van der Waals surface area (Å²) in [4.78, 5) is 35.9. The molecular formula is C24H42N2O14S2. The molecule has 18 heteroatoms. The van der Waals surface area contributed by atoms with Gasteiger partial charge in [0.25, 0.3) is 0 Å². The van der Waals surface area contributed by atoms with Crippen LogP contribution in [0.15, 0.2) is 0 Å². The Morgan fingerprint density at radius 1 is 0.690 bits per heavy atom. The van der Waals surface area contributed by atoms with Gasteiger partial charge in [0.1, 0.15) is 65.7 Å². The van der Waals surface area contributed by atoms with Gasteiger partial charge >= 0.3 is 5.97 Å². The highest BCUT2D eigenvalue weighted by Gasteiger charge is 2.44. The van der Waals surface area contributed by atoms with Crippen molar-refractivity contribution in [2.24, 2.45) is 0 Å². The topological polar surface area (TPSA) is 276 Å². The van der Waals surface area contributed by atoms with E-state index >= 15 is 0 Å². The highest BCUT2D eigenvalue weighted by molar-refractivity contribution is 8.00. The summed E-state index contributed by atoms with van der Waals surface area (Å²) in [6.45, 7) is -0.851. The van der Waals surface area contributed by atoms with E-state index in [1.165, 1.54) is 0 Å². The molecule has 2 fully saturated rings. The molecular weight excluding hydrogens is 604 g/mol. The molecule has 0 aliphatic carbocycles. The van der Waals surface area contributed by atoms with Crippen molar-refractivity contribution < 1.29 is 69.8 Å². The Kier molecular flexibility index (Phi) is 16.3. The van der Waals surface area contributed by atoms with Crippen molar-refractivity contribution in [1.82, 2.24) is 10.6 Å². The van der Waals surface area contributed by atoms with Crippen molar-refractivity contribution in [2.75, 3.05) is 31.3 Å². The molecule has 10 unspecified atom stereocenters. The molecule has 244 valence electrons. The number of aliphatic hydroxyl groups is 8. The van der Waals surface area contributed by atoms with Crippen LogP contribution in [0.1, 0.15) is 32.1 Å². The highest BCUT2D eigenvalue weighted by Crippen LogP contribution is 2.30. The zero-order valence-corrected chi connectivity index (χ0v) is 24.4. The van der Waals surface area contributed by atoms with Gasteiger partial charge in [-0.15, -0.1) is 23.5 Å². The number of amides is 2. The summed E-state index contributed by atoms with van der Waals surface area (Å²) < 4.78 is 10.7. The Bertz CT molecular complexity index is 856. The minimum Gasteiger partial charge on any atom is -0.480 e. The standard InChI is InChI=1S/C24H42N2O14S2/c27-9-12-16(31)18(33)20(35)23(39-12)41-7-4-14(29)25-6-2-1-3-11(22(37)38)26-15(30)5-8-42-24-21(36)19(34)17(32)13(10-28)40-24/h11-13,16-21,23-24,27-28,31-36H,1-10H2,(H,25,29)(H,26,30)(H,37,38)/t11-,12?,13?,16?,17?,18?,19?,20?,21?,23?,24?/m0/s1. The third-order valence-corrected chi connectivity index (χ3v) is 9.11. The summed E-state index contributed by atoms with van der Waals surface area (Å²) >= 11 is 2.04. The summed E-state index contributed by atoms with van der Waals surface area (Å²) in [5, 5.41) is 92.3. The van der Waals surface area contributed by atoms with Gasteiger partial charge in [-0.25, -0.2) is 4.79 Å². The van der Waals surface area contributed by atoms with Crippen LogP contribution in [0.5, 0.6) is 0 Å². The summed E-state index contributed by atoms with van der Waals surface area (Å²) in [6, 6.07) is -1.15. The Hall–Kier alpha value is -1.29. The van der Waals surface area contributed by atoms with Gasteiger partial charge in [0.05, 0.1) is 13.2 Å². The lowest BCUT2D eigenvalue weighted by atomic mass is 10.0. The number of aliphatic hydroxyl groups excluding tert-OH is 8. The maximum Gasteiger partial charge on any atom is 0.326 e. The second-order valence-electron chi connectivity index (χ2n) is 9.94. The molecule has 0 aromatic rings. The second-order valence-corrected chi connectivity index (χ2v) is 12.4. The molecule has 11 N–H and O–H groups in total. The van der Waals surface area contributed by atoms with Gasteiger partial charge < -0.3 is 66.1 Å². The Morgan fingerprint density at radius 2 is 1.17 bits per heavy atom. The third-order valence-electron chi connectivity index (χ3n) is 6.79. The average Bonchev–Trinajstić information content (AvgIpc) is 2.96. The van der Waals surface area contributed by atoms with E-state index in [0.29, 0.717) is 12.8 Å². The van der Waals surface area contributed by atoms with Gasteiger partial charge in [-0.3, -0.25) is 9.59 Å². The molecule has 2 saturated heterocycles. The number of nitrogens with one attached hydrogen (secondary N) is 2. The average molecular weight is 647 g/mol. The number of carbonyl (C=O) groups is 3. The lowest BCUT2D eigenvalue weighted by molar-refractivity contribution is -0.205. The fraction of sp³-hybridized carbons (Fsp3) is 0.875. The minimum absolute atomic E-state index is 0.0641. The van der Waals surface area contributed by atoms with Crippen molar-refractivity contribution in [1.29, 1.82) is 0 Å². The van der Waals surface area contributed by atoms with Gasteiger partial charge in [-0.2, -0.15) is 0 Å². The molecule has 2 heterocycles. The van der Waals surface area contributed by atoms with E-state index in [0.717, 1.165) is 23.5 Å². The molecule has 0 bridgehead atoms. The quantitative estimate of drug-likeness (QED) is 0.0667. The Balaban J connectivity index is 1.61. The SMILES string of the molecule is O=C(CCSC1OC(CO)C(O)C(O)C1O)NCCCC[C@H](NC(=O)CCSC1OC(CO)C(O)C(O)C1O)C(=O)O. The first-order chi connectivity index (χ1) is 19.9. The molecule has 0 aromatic carbocycles. The van der Waals surface area contributed by atoms with Crippen LogP contribution in [0.4, 0.5) is 0 Å². The Labute approximate surface area is 250 Å². The first-order valence-electron chi connectivity index (χ1n) is 13.5. The number of carboxylic acid groups (broad SMARTS) is 1. The van der Waals surface area contributed by atoms with Crippen LogP contribution in [-0.2, 0) is 23.9 Å². The molecule has 0 saturated carbocycles. The van der Waals surface area contributed by atoms with E-state index in [9.17, 15) is 60.3 Å². The van der Waals surface area contributed by atoms with Crippen molar-refractivity contribution in [3.63, 3.8) is 0 Å². The van der Waals surface area contributed by atoms with Gasteiger partial charge in [0.2, 0.25) is 11.8 Å². The Morgan fingerprint density at radius 3 is 1.62 bits per heavy atom. The molecule has 2 aliphatic heterocycles. The van der Waals surface area contributed by atoms with E-state index in [1.54, 1.807) is 0 Å². The van der Waals surface area contributed by atoms with Crippen molar-refractivity contribution in [2.45, 2.75) is 97.8 Å². The van der Waals surface area contributed by atoms with Gasteiger partial charge in [-0.05, 0) is 19.3 Å². The molecule has 2 rings (SSSR count). The van der Waals surface area contributed by atoms with E-state index in [-0.39, 0.29) is 43.2 Å². The fourth-order valence-electron chi connectivity index (χ4n) is 4.26. The van der Waals surface area contributed by atoms with Crippen LogP contribution in [0.2, 0.25) is 0 Å². The van der Waals surface area contributed by atoms with Gasteiger partial charge in [-0.1, -0.05) is 0 Å². The minimum atomic E-state index is -1.53. The molecule has 0 spiro atoms. The van der Waals surface area contributed by atoms with Crippen molar-refractivity contribution >= 4 is 41.3 Å². The van der Waals surface area contributed by atoms with E-state index < -0.39 is 90.8 Å². The smallest absolute Gasteiger partial charge is 0.326 e. The van der Waals surface area contributed by atoms with Crippen LogP contribution in [0.25, 0.3) is 0 Å². The molecule has 0 aromatic heterocycles. The number of hydrogen-bond donors (Lipinski definition) is 11. The predicted molar refractivity (Wildman–Crippen MR) is 148 cm³/mol. The molecule has 0 radical (unpaired) electrons. The third kappa shape index (κ3) is 11.0. The molecule has 42 heavy (non-hydrogen) atoms. The van der Waals surface area contributed by atoms with Crippen LogP contribution in [0, 0.1) is 0 Å². The summed E-state index contributed by atoms with van der Waals surface area (Å²) in [7, 11) is 0. The van der Waals surface area contributed by atoms with Crippen LogP contribution in [-0.4, -0.2) is 161 Å². The monoisotopic (exact) mass is 646 g/mol. The number of rotatable bonds is 17. The van der Waals surface area contributed by atoms with Crippen molar-refractivity contribution in [3.05, 3.63) is 0 Å². The first-order valence-corrected chi connectivity index (χ1v) is 15.6. The van der Waals surface area contributed by atoms with Crippen LogP contribution in [0.3, 0.4) is 0 Å². The largest absolute Gasteiger partial charge is 0.480 e. The molecule has 16 nitrogen and oxygen atoms in total. The van der Waals surface area contributed by atoms with Gasteiger partial charge in [0, 0.05) is 30.9 Å². The fourth-order valence-corrected chi connectivity index (χ4v) is 6.49. The maximum atomic E-state index is 12.3. The number of aliphatic carboxylic acids is 1. The number of carbonyl (C=O) groups excluding carboxylic acids is 2. The number of thioether (sulfide) groups is 2. The zero-order valence-electron chi connectivity index (χ0n) is 22.8. The summed E-state index contributed by atoms with van der Waals surface area (Å²) in [5.41, 5.74) is -1.92. The number of unbranched alkanes of at least 4 members (excludes halogenated alkanes) is 1. The first kappa shape index (κ1) is 36.9. The molecule has 11 atom stereocenters. The number of ether oxygens (including phenoxy) is 2. The highest BCUT2D eigenvalue weighted by atomic mass is 32.2. The van der Waals surface area contributed by atoms with Gasteiger partial charge in [0.15, 0.2) is 0 Å². The second kappa shape index (κ2) is 18.5. The van der Waals surface area contributed by atoms with Crippen LogP contribution < -0.4 is 10.6 Å². The predicted octanol–water partition coefficient (Wildman–Crippen LogP) is -4.31. The normalized spacial score (nSPS) is 34.0. The number of carboxylic acids is 1. The summed E-state index contributed by atoms with van der Waals surface area (Å²) in [5.74, 6) is -1.73.